The van der Waals surface area contributed by atoms with E-state index in [0.717, 1.165) is 5.56 Å². The molecule has 0 radical (unpaired) electrons. The van der Waals surface area contributed by atoms with Crippen LogP contribution in [-0.4, -0.2) is 5.97 Å². The molecule has 1 rings (SSSR count). The van der Waals surface area contributed by atoms with Gasteiger partial charge in [0.2, 0.25) is 0 Å². The van der Waals surface area contributed by atoms with Gasteiger partial charge in [0.05, 0.1) is 6.61 Å². The molecule has 0 atom stereocenters. The number of carbonyl (C=O) groups is 1. The summed E-state index contributed by atoms with van der Waals surface area (Å²) in [4.78, 5) is 10.9. The van der Waals surface area contributed by atoms with Gasteiger partial charge >= 0.3 is 5.97 Å². The summed E-state index contributed by atoms with van der Waals surface area (Å²) in [6, 6.07) is 7.63. The Morgan fingerprint density at radius 3 is 3.00 bits per heavy atom. The second-order valence-electron chi connectivity index (χ2n) is 2.65. The molecule has 0 bridgehead atoms. The van der Waals surface area contributed by atoms with Gasteiger partial charge in [-0.3, -0.25) is 0 Å². The van der Waals surface area contributed by atoms with Crippen molar-refractivity contribution in [3.05, 3.63) is 42.0 Å². The van der Waals surface area contributed by atoms with Crippen LogP contribution in [0.4, 0.5) is 0 Å². The molecule has 12 heavy (non-hydrogen) atoms. The topological polar surface area (TPSA) is 26.3 Å². The minimum atomic E-state index is -0.337. The molecule has 0 aromatic heterocycles. The number of carbonyl (C=O) groups excluding carboxylic acids is 1. The maximum absolute atomic E-state index is 10.9. The second-order valence-corrected chi connectivity index (χ2v) is 2.65. The molecule has 0 aliphatic carbocycles. The third-order valence-corrected chi connectivity index (χ3v) is 1.45. The molecule has 0 fully saturated rings. The van der Waals surface area contributed by atoms with E-state index >= 15 is 0 Å². The summed E-state index contributed by atoms with van der Waals surface area (Å²) in [6.45, 7) is 5.44. The van der Waals surface area contributed by atoms with Gasteiger partial charge in [-0.15, -0.1) is 0 Å². The van der Waals surface area contributed by atoms with Gasteiger partial charge in [0, 0.05) is 5.57 Å². The minimum absolute atomic E-state index is 0.332. The van der Waals surface area contributed by atoms with Crippen molar-refractivity contribution < 1.29 is 9.53 Å². The highest BCUT2D eigenvalue weighted by Crippen LogP contribution is 2.03. The summed E-state index contributed by atoms with van der Waals surface area (Å²) in [5, 5.41) is 0. The zero-order valence-electron chi connectivity index (χ0n) is 7.04. The zero-order valence-corrected chi connectivity index (χ0v) is 7.04. The van der Waals surface area contributed by atoms with Crippen molar-refractivity contribution in [2.24, 2.45) is 0 Å². The summed E-state index contributed by atoms with van der Waals surface area (Å²) in [6.07, 6.45) is 0. The predicted molar refractivity (Wildman–Crippen MR) is 46.6 cm³/mol. The van der Waals surface area contributed by atoms with E-state index in [-0.39, 0.29) is 5.97 Å². The highest BCUT2D eigenvalue weighted by Gasteiger charge is 1.99. The maximum Gasteiger partial charge on any atom is 0.332 e. The molecule has 0 saturated heterocycles. The molecule has 0 amide bonds. The van der Waals surface area contributed by atoms with Gasteiger partial charge < -0.3 is 4.74 Å². The fourth-order valence-corrected chi connectivity index (χ4v) is 0.782. The number of hydrogen-bond acceptors (Lipinski definition) is 2. The smallest absolute Gasteiger partial charge is 0.332 e. The van der Waals surface area contributed by atoms with Gasteiger partial charge in [0.25, 0.3) is 0 Å². The monoisotopic (exact) mass is 163 g/mol. The quantitative estimate of drug-likeness (QED) is 0.387. The van der Waals surface area contributed by atoms with Crippen LogP contribution in [-0.2, 0) is 16.1 Å². The van der Waals surface area contributed by atoms with Crippen LogP contribution in [0, 0.1) is 0 Å². The zero-order chi connectivity index (χ0) is 8.97. The van der Waals surface area contributed by atoms with E-state index in [9.17, 15) is 4.79 Å². The summed E-state index contributed by atoms with van der Waals surface area (Å²) >= 11 is 0. The molecular weight excluding hydrogens is 152 g/mol. The fourth-order valence-electron chi connectivity index (χ4n) is 0.782. The first-order chi connectivity index (χ1) is 5.70. The average Bonchev–Trinajstić information content (AvgIpc) is 2.51. The molecule has 0 unspecified atom stereocenters. The molecule has 1 aromatic carbocycles. The number of esters is 1. The van der Waals surface area contributed by atoms with E-state index in [2.05, 4.69) is 6.58 Å². The van der Waals surface area contributed by atoms with Crippen molar-refractivity contribution in [1.29, 1.82) is 0 Å². The first kappa shape index (κ1) is 8.65. The average molecular weight is 163 g/mol. The van der Waals surface area contributed by atoms with E-state index in [1.54, 1.807) is 6.92 Å². The highest BCUT2D eigenvalue weighted by molar-refractivity contribution is 5.86. The van der Waals surface area contributed by atoms with Crippen molar-refractivity contribution in [3.8, 4) is 0 Å². The third kappa shape index (κ3) is 2.31. The molecule has 0 spiro atoms. The molecule has 2 nitrogen and oxygen atoms in total. The standard InChI is InChI=1S/C10H11O2/c1-8(2)10(11)12-7-9-5-3-4-6-9/h3-6H,1,7H2,2H3/q-1. The highest BCUT2D eigenvalue weighted by atomic mass is 16.5. The Bertz CT molecular complexity index is 270. The third-order valence-electron chi connectivity index (χ3n) is 1.45. The van der Waals surface area contributed by atoms with E-state index in [1.807, 2.05) is 24.3 Å². The number of rotatable bonds is 3. The molecule has 64 valence electrons. The van der Waals surface area contributed by atoms with E-state index in [0.29, 0.717) is 12.2 Å². The Morgan fingerprint density at radius 2 is 2.50 bits per heavy atom. The van der Waals surface area contributed by atoms with Gasteiger partial charge in [-0.25, -0.2) is 10.9 Å². The SMILES string of the molecule is C=C(C)C(=O)OCc1cc[cH-]c1. The van der Waals surface area contributed by atoms with Gasteiger partial charge in [-0.1, -0.05) is 6.58 Å². The molecule has 0 heterocycles. The Hall–Kier alpha value is -1.44. The second kappa shape index (κ2) is 3.81. The first-order valence-electron chi connectivity index (χ1n) is 3.73. The van der Waals surface area contributed by atoms with Crippen molar-refractivity contribution in [3.63, 3.8) is 0 Å². The lowest BCUT2D eigenvalue weighted by Crippen LogP contribution is -2.04. The summed E-state index contributed by atoms with van der Waals surface area (Å²) in [7, 11) is 0. The number of ether oxygens (including phenoxy) is 1. The van der Waals surface area contributed by atoms with E-state index < -0.39 is 0 Å². The lowest BCUT2D eigenvalue weighted by Gasteiger charge is -2.05. The minimum Gasteiger partial charge on any atom is -0.471 e. The normalized spacial score (nSPS) is 9.42. The van der Waals surface area contributed by atoms with Crippen LogP contribution in [0.2, 0.25) is 0 Å². The van der Waals surface area contributed by atoms with Crippen molar-refractivity contribution in [2.45, 2.75) is 13.5 Å². The lowest BCUT2D eigenvalue weighted by atomic mass is 10.3. The van der Waals surface area contributed by atoms with Crippen LogP contribution in [0.3, 0.4) is 0 Å². The Labute approximate surface area is 71.8 Å². The molecule has 0 aliphatic rings. The Balaban J connectivity index is 2.37. The van der Waals surface area contributed by atoms with E-state index in [1.165, 1.54) is 0 Å². The van der Waals surface area contributed by atoms with Gasteiger partial charge in [0.15, 0.2) is 0 Å². The van der Waals surface area contributed by atoms with Crippen molar-refractivity contribution in [2.75, 3.05) is 0 Å². The molecular formula is C10H11O2-. The van der Waals surface area contributed by atoms with Crippen molar-refractivity contribution in [1.82, 2.24) is 0 Å². The molecule has 0 aliphatic heterocycles. The van der Waals surface area contributed by atoms with Gasteiger partial charge in [-0.05, 0) is 6.92 Å². The van der Waals surface area contributed by atoms with Crippen molar-refractivity contribution >= 4 is 5.97 Å². The van der Waals surface area contributed by atoms with Gasteiger partial charge in [0.1, 0.15) is 0 Å². The van der Waals surface area contributed by atoms with Crippen LogP contribution < -0.4 is 0 Å². The maximum atomic E-state index is 10.9. The predicted octanol–water partition coefficient (Wildman–Crippen LogP) is 2.02. The summed E-state index contributed by atoms with van der Waals surface area (Å²) < 4.78 is 4.91. The lowest BCUT2D eigenvalue weighted by molar-refractivity contribution is -0.140. The van der Waals surface area contributed by atoms with Gasteiger partial charge in [-0.2, -0.15) is 23.8 Å². The Kier molecular flexibility index (Phi) is 2.75. The molecule has 2 heteroatoms. The molecule has 1 aromatic rings. The van der Waals surface area contributed by atoms with Crippen LogP contribution in [0.15, 0.2) is 36.4 Å². The largest absolute Gasteiger partial charge is 0.471 e. The molecule has 0 saturated carbocycles. The number of hydrogen-bond donors (Lipinski definition) is 0. The Morgan fingerprint density at radius 1 is 1.75 bits per heavy atom. The summed E-state index contributed by atoms with van der Waals surface area (Å²) in [5.74, 6) is -0.337. The van der Waals surface area contributed by atoms with Crippen LogP contribution in [0.5, 0.6) is 0 Å². The fraction of sp³-hybridized carbons (Fsp3) is 0.200. The first-order valence-corrected chi connectivity index (χ1v) is 3.73. The summed E-state index contributed by atoms with van der Waals surface area (Å²) in [5.41, 5.74) is 1.44. The van der Waals surface area contributed by atoms with Crippen LogP contribution in [0.25, 0.3) is 0 Å². The van der Waals surface area contributed by atoms with Crippen LogP contribution >= 0.6 is 0 Å². The van der Waals surface area contributed by atoms with Crippen LogP contribution in [0.1, 0.15) is 12.5 Å². The molecule has 0 N–H and O–H groups in total. The van der Waals surface area contributed by atoms with E-state index in [4.69, 9.17) is 4.74 Å².